The van der Waals surface area contributed by atoms with E-state index < -0.39 is 12.2 Å². The number of hydrogen-bond acceptors (Lipinski definition) is 7. The van der Waals surface area contributed by atoms with Gasteiger partial charge in [0.25, 0.3) is 0 Å². The van der Waals surface area contributed by atoms with Crippen LogP contribution in [0.5, 0.6) is 5.88 Å². The first kappa shape index (κ1) is 13.1. The monoisotopic (exact) mass is 280 g/mol. The average Bonchev–Trinajstić information content (AvgIpc) is 2.93. The maximum Gasteiger partial charge on any atom is 0.240 e. The van der Waals surface area contributed by atoms with Crippen molar-refractivity contribution in [3.63, 3.8) is 0 Å². The molecule has 0 aliphatic heterocycles. The zero-order valence-corrected chi connectivity index (χ0v) is 10.6. The van der Waals surface area contributed by atoms with Gasteiger partial charge in [-0.1, -0.05) is 0 Å². The van der Waals surface area contributed by atoms with Crippen molar-refractivity contribution < 1.29 is 20.4 Å². The normalized spacial score (nSPS) is 30.1. The molecule has 1 aliphatic rings. The molecule has 2 aromatic heterocycles. The van der Waals surface area contributed by atoms with Gasteiger partial charge in [-0.2, -0.15) is 4.98 Å². The SMILES string of the molecule is Nc1nc(O)c2[nH]cc([C@@H]3C[C@H](CO)C(O)C3O)c2n1. The van der Waals surface area contributed by atoms with E-state index in [0.717, 1.165) is 0 Å². The number of H-pyrrole nitrogens is 1. The largest absolute Gasteiger partial charge is 0.492 e. The van der Waals surface area contributed by atoms with Crippen LogP contribution in [0.2, 0.25) is 0 Å². The fourth-order valence-corrected chi connectivity index (χ4v) is 2.92. The Hall–Kier alpha value is -1.90. The standard InChI is InChI=1S/C12H16N4O4/c13-12-15-7-6(2-14-8(7)11(20)16-12)5-1-4(3-17)9(18)10(5)19/h2,4-5,9-10,14,17-19H,1,3H2,(H3,13,15,16,20)/t4-,5+,9?,10?/m1/s1. The van der Waals surface area contributed by atoms with Crippen molar-refractivity contribution in [2.75, 3.05) is 12.3 Å². The fourth-order valence-electron chi connectivity index (χ4n) is 2.92. The van der Waals surface area contributed by atoms with Crippen molar-refractivity contribution in [1.82, 2.24) is 15.0 Å². The molecule has 8 heteroatoms. The summed E-state index contributed by atoms with van der Waals surface area (Å²) in [6.45, 7) is -0.195. The van der Waals surface area contributed by atoms with Crippen molar-refractivity contribution in [2.45, 2.75) is 24.5 Å². The molecule has 4 atom stereocenters. The Balaban J connectivity index is 2.07. The summed E-state index contributed by atoms with van der Waals surface area (Å²) in [5.41, 5.74) is 6.92. The molecule has 0 bridgehead atoms. The maximum atomic E-state index is 10.1. The lowest BCUT2D eigenvalue weighted by Gasteiger charge is -2.16. The van der Waals surface area contributed by atoms with Crippen LogP contribution in [-0.4, -0.2) is 54.2 Å². The van der Waals surface area contributed by atoms with Crippen molar-refractivity contribution in [3.8, 4) is 5.88 Å². The Morgan fingerprint density at radius 2 is 2.05 bits per heavy atom. The lowest BCUT2D eigenvalue weighted by atomic mass is 9.96. The van der Waals surface area contributed by atoms with Crippen molar-refractivity contribution in [2.24, 2.45) is 5.92 Å². The van der Waals surface area contributed by atoms with Crippen LogP contribution in [0.15, 0.2) is 6.20 Å². The van der Waals surface area contributed by atoms with Crippen LogP contribution in [0.4, 0.5) is 5.95 Å². The molecule has 0 radical (unpaired) electrons. The number of fused-ring (bicyclic) bond motifs is 1. The number of aliphatic hydroxyl groups excluding tert-OH is 3. The summed E-state index contributed by atoms with van der Waals surface area (Å²) in [6, 6.07) is 0. The summed E-state index contributed by atoms with van der Waals surface area (Å²) in [7, 11) is 0. The quantitative estimate of drug-likeness (QED) is 0.416. The third-order valence-electron chi connectivity index (χ3n) is 3.99. The zero-order chi connectivity index (χ0) is 14.4. The van der Waals surface area contributed by atoms with E-state index >= 15 is 0 Å². The lowest BCUT2D eigenvalue weighted by molar-refractivity contribution is 0.00241. The highest BCUT2D eigenvalue weighted by Crippen LogP contribution is 2.41. The van der Waals surface area contributed by atoms with Crippen LogP contribution >= 0.6 is 0 Å². The minimum atomic E-state index is -0.996. The number of aromatic amines is 1. The summed E-state index contributed by atoms with van der Waals surface area (Å²) in [5, 5.41) is 38.9. The van der Waals surface area contributed by atoms with Crippen LogP contribution in [0.1, 0.15) is 17.9 Å². The number of nitrogens with one attached hydrogen (secondary N) is 1. The molecule has 2 aromatic rings. The van der Waals surface area contributed by atoms with E-state index in [4.69, 9.17) is 5.73 Å². The lowest BCUT2D eigenvalue weighted by Crippen LogP contribution is -2.28. The summed E-state index contributed by atoms with van der Waals surface area (Å²) in [6.07, 6.45) is 0.0576. The van der Waals surface area contributed by atoms with Gasteiger partial charge in [0.05, 0.1) is 12.2 Å². The van der Waals surface area contributed by atoms with Crippen LogP contribution < -0.4 is 5.73 Å². The molecule has 1 saturated carbocycles. The molecule has 2 heterocycles. The first-order chi connectivity index (χ1) is 9.52. The maximum absolute atomic E-state index is 10.1. The molecule has 7 N–H and O–H groups in total. The molecule has 2 unspecified atom stereocenters. The predicted molar refractivity (Wildman–Crippen MR) is 69.9 cm³/mol. The smallest absolute Gasteiger partial charge is 0.240 e. The van der Waals surface area contributed by atoms with Crippen LogP contribution in [0.3, 0.4) is 0 Å². The van der Waals surface area contributed by atoms with Gasteiger partial charge in [0.2, 0.25) is 11.8 Å². The second kappa shape index (κ2) is 4.58. The van der Waals surface area contributed by atoms with E-state index in [0.29, 0.717) is 23.0 Å². The van der Waals surface area contributed by atoms with Crippen molar-refractivity contribution in [3.05, 3.63) is 11.8 Å². The molecule has 3 rings (SSSR count). The molecular formula is C12H16N4O4. The van der Waals surface area contributed by atoms with Gasteiger partial charge in [-0.3, -0.25) is 0 Å². The summed E-state index contributed by atoms with van der Waals surface area (Å²) in [5.74, 6) is -1.09. The number of nitrogens with two attached hydrogens (primary N) is 1. The third-order valence-corrected chi connectivity index (χ3v) is 3.99. The highest BCUT2D eigenvalue weighted by Gasteiger charge is 2.42. The number of aromatic nitrogens is 3. The summed E-state index contributed by atoms with van der Waals surface area (Å²) >= 11 is 0. The van der Waals surface area contributed by atoms with E-state index in [1.54, 1.807) is 6.20 Å². The highest BCUT2D eigenvalue weighted by atomic mass is 16.3. The van der Waals surface area contributed by atoms with Crippen molar-refractivity contribution in [1.29, 1.82) is 0 Å². The molecule has 1 fully saturated rings. The number of anilines is 1. The van der Waals surface area contributed by atoms with Gasteiger partial charge in [-0.05, 0) is 6.42 Å². The highest BCUT2D eigenvalue weighted by molar-refractivity contribution is 5.84. The molecule has 8 nitrogen and oxygen atoms in total. The fraction of sp³-hybridized carbons (Fsp3) is 0.500. The van der Waals surface area contributed by atoms with Gasteiger partial charge in [0.1, 0.15) is 11.0 Å². The van der Waals surface area contributed by atoms with E-state index in [2.05, 4.69) is 15.0 Å². The van der Waals surface area contributed by atoms with E-state index in [9.17, 15) is 20.4 Å². The zero-order valence-electron chi connectivity index (χ0n) is 10.6. The Kier molecular flexibility index (Phi) is 3.00. The second-order valence-corrected chi connectivity index (χ2v) is 5.14. The predicted octanol–water partition coefficient (Wildman–Crippen LogP) is -0.937. The van der Waals surface area contributed by atoms with E-state index in [1.807, 2.05) is 0 Å². The molecule has 0 aromatic carbocycles. The molecular weight excluding hydrogens is 264 g/mol. The number of nitrogens with zero attached hydrogens (tertiary/aromatic N) is 2. The molecule has 0 saturated heterocycles. The Morgan fingerprint density at radius 3 is 2.70 bits per heavy atom. The summed E-state index contributed by atoms with van der Waals surface area (Å²) < 4.78 is 0. The molecule has 1 aliphatic carbocycles. The molecule has 0 amide bonds. The molecule has 20 heavy (non-hydrogen) atoms. The first-order valence-corrected chi connectivity index (χ1v) is 6.33. The van der Waals surface area contributed by atoms with Gasteiger partial charge in [-0.15, -0.1) is 0 Å². The Bertz CT molecular complexity index is 644. The van der Waals surface area contributed by atoms with E-state index in [-0.39, 0.29) is 30.3 Å². The second-order valence-electron chi connectivity index (χ2n) is 5.14. The molecule has 108 valence electrons. The van der Waals surface area contributed by atoms with Gasteiger partial charge in [-0.25, -0.2) is 4.98 Å². The van der Waals surface area contributed by atoms with Gasteiger partial charge in [0, 0.05) is 30.2 Å². The third kappa shape index (κ3) is 1.80. The number of aliphatic hydroxyl groups is 3. The first-order valence-electron chi connectivity index (χ1n) is 6.33. The number of rotatable bonds is 2. The van der Waals surface area contributed by atoms with E-state index in [1.165, 1.54) is 0 Å². The van der Waals surface area contributed by atoms with Crippen LogP contribution in [0, 0.1) is 5.92 Å². The number of hydrogen-bond donors (Lipinski definition) is 6. The summed E-state index contributed by atoms with van der Waals surface area (Å²) in [4.78, 5) is 10.6. The topological polar surface area (TPSA) is 149 Å². The molecule has 0 spiro atoms. The number of nitrogen functional groups attached to an aromatic ring is 1. The van der Waals surface area contributed by atoms with Crippen LogP contribution in [-0.2, 0) is 0 Å². The van der Waals surface area contributed by atoms with Crippen molar-refractivity contribution >= 4 is 17.0 Å². The number of aromatic hydroxyl groups is 1. The average molecular weight is 280 g/mol. The minimum absolute atomic E-state index is 0.0670. The van der Waals surface area contributed by atoms with Crippen LogP contribution in [0.25, 0.3) is 11.0 Å². The Labute approximate surface area is 113 Å². The Morgan fingerprint density at radius 1 is 1.30 bits per heavy atom. The minimum Gasteiger partial charge on any atom is -0.492 e. The van der Waals surface area contributed by atoms with Gasteiger partial charge < -0.3 is 31.1 Å². The van der Waals surface area contributed by atoms with Gasteiger partial charge >= 0.3 is 0 Å². The van der Waals surface area contributed by atoms with Gasteiger partial charge in [0.15, 0.2) is 0 Å².